The first-order valence-electron chi connectivity index (χ1n) is 6.45. The molecule has 0 aliphatic carbocycles. The molecular weight excluding hydrogens is 240 g/mol. The number of likely N-dealkylation sites (N-methyl/N-ethyl adjacent to an activating group) is 2. The Hall–Kier alpha value is -1.88. The lowest BCUT2D eigenvalue weighted by molar-refractivity contribution is -0.139. The number of hydrogen-bond acceptors (Lipinski definition) is 3. The fourth-order valence-corrected chi connectivity index (χ4v) is 2.69. The molecule has 1 aliphatic heterocycles. The van der Waals surface area contributed by atoms with Gasteiger partial charge in [0.15, 0.2) is 0 Å². The molecule has 0 spiro atoms. The lowest BCUT2D eigenvalue weighted by Gasteiger charge is -2.37. The second kappa shape index (κ2) is 4.35. The molecule has 0 N–H and O–H groups in total. The third-order valence-electron chi connectivity index (χ3n) is 3.93. The molecule has 19 heavy (non-hydrogen) atoms. The number of aromatic nitrogens is 2. The zero-order valence-corrected chi connectivity index (χ0v) is 11.5. The van der Waals surface area contributed by atoms with Crippen LogP contribution in [0.3, 0.4) is 0 Å². The van der Waals surface area contributed by atoms with E-state index in [1.807, 2.05) is 44.2 Å². The molecule has 0 radical (unpaired) electrons. The number of hydrogen-bond donors (Lipinski definition) is 0. The van der Waals surface area contributed by atoms with E-state index in [9.17, 15) is 4.79 Å². The Labute approximate surface area is 112 Å². The molecule has 1 fully saturated rings. The fourth-order valence-electron chi connectivity index (χ4n) is 2.69. The maximum absolute atomic E-state index is 12.3. The van der Waals surface area contributed by atoms with Crippen LogP contribution in [0.25, 0.3) is 10.9 Å². The van der Waals surface area contributed by atoms with Gasteiger partial charge in [-0.05, 0) is 24.7 Å². The van der Waals surface area contributed by atoms with Crippen LogP contribution in [0, 0.1) is 0 Å². The Balaban J connectivity index is 2.04. The predicted molar refractivity (Wildman–Crippen MR) is 73.7 cm³/mol. The average Bonchev–Trinajstić information content (AvgIpc) is 2.76. The van der Waals surface area contributed by atoms with Gasteiger partial charge in [-0.2, -0.15) is 5.10 Å². The number of rotatable bonds is 1. The molecule has 2 heterocycles. The van der Waals surface area contributed by atoms with Crippen molar-refractivity contribution in [3.05, 3.63) is 30.0 Å². The molecule has 2 aromatic rings. The Morgan fingerprint density at radius 2 is 2.00 bits per heavy atom. The number of benzene rings is 1. The summed E-state index contributed by atoms with van der Waals surface area (Å²) in [6.45, 7) is 1.69. The fraction of sp³-hybridized carbons (Fsp3) is 0.429. The van der Waals surface area contributed by atoms with Crippen molar-refractivity contribution in [1.29, 1.82) is 0 Å². The van der Waals surface area contributed by atoms with Gasteiger partial charge in [0.2, 0.25) is 5.91 Å². The van der Waals surface area contributed by atoms with Gasteiger partial charge < -0.3 is 4.90 Å². The lowest BCUT2D eigenvalue weighted by atomic mass is 10.0. The predicted octanol–water partition coefficient (Wildman–Crippen LogP) is 1.02. The van der Waals surface area contributed by atoms with Gasteiger partial charge in [0.25, 0.3) is 0 Å². The number of carbonyl (C=O) groups is 1. The van der Waals surface area contributed by atoms with Gasteiger partial charge in [-0.1, -0.05) is 6.07 Å². The van der Waals surface area contributed by atoms with Gasteiger partial charge in [-0.3, -0.25) is 14.4 Å². The van der Waals surface area contributed by atoms with Crippen LogP contribution in [0.15, 0.2) is 24.4 Å². The van der Waals surface area contributed by atoms with Crippen molar-refractivity contribution in [2.24, 2.45) is 7.05 Å². The van der Waals surface area contributed by atoms with Crippen LogP contribution < -0.4 is 0 Å². The summed E-state index contributed by atoms with van der Waals surface area (Å²) in [5.41, 5.74) is 2.13. The summed E-state index contributed by atoms with van der Waals surface area (Å²) in [6.07, 6.45) is 1.84. The number of amides is 1. The smallest absolute Gasteiger partial charge is 0.244 e. The van der Waals surface area contributed by atoms with Crippen LogP contribution >= 0.6 is 0 Å². The quantitative estimate of drug-likeness (QED) is 0.767. The molecule has 0 saturated carbocycles. The highest BCUT2D eigenvalue weighted by molar-refractivity contribution is 5.86. The largest absolute Gasteiger partial charge is 0.343 e. The van der Waals surface area contributed by atoms with Crippen molar-refractivity contribution in [2.75, 3.05) is 27.2 Å². The molecular formula is C14H18N4O. The molecule has 1 atom stereocenters. The van der Waals surface area contributed by atoms with Crippen LogP contribution in [-0.4, -0.2) is 52.7 Å². The van der Waals surface area contributed by atoms with E-state index >= 15 is 0 Å². The highest BCUT2D eigenvalue weighted by Crippen LogP contribution is 2.27. The summed E-state index contributed by atoms with van der Waals surface area (Å²) in [5.74, 6) is 0.164. The van der Waals surface area contributed by atoms with Gasteiger partial charge in [0.1, 0.15) is 6.04 Å². The number of fused-ring (bicyclic) bond motifs is 1. The molecule has 5 heteroatoms. The first-order valence-corrected chi connectivity index (χ1v) is 6.45. The van der Waals surface area contributed by atoms with Gasteiger partial charge >= 0.3 is 0 Å². The summed E-state index contributed by atoms with van der Waals surface area (Å²) < 4.78 is 1.84. The van der Waals surface area contributed by atoms with Crippen LogP contribution in [0.5, 0.6) is 0 Å². The number of piperazine rings is 1. The molecule has 5 nitrogen and oxygen atoms in total. The molecule has 1 amide bonds. The normalized spacial score (nSPS) is 21.3. The Kier molecular flexibility index (Phi) is 2.78. The number of carbonyl (C=O) groups excluding carboxylic acids is 1. The maximum Gasteiger partial charge on any atom is 0.244 e. The first-order chi connectivity index (χ1) is 9.08. The number of aryl methyl sites for hydroxylation is 1. The van der Waals surface area contributed by atoms with E-state index < -0.39 is 0 Å². The summed E-state index contributed by atoms with van der Waals surface area (Å²) in [4.78, 5) is 16.3. The second-order valence-corrected chi connectivity index (χ2v) is 5.23. The van der Waals surface area contributed by atoms with E-state index in [2.05, 4.69) is 16.1 Å². The van der Waals surface area contributed by atoms with Crippen molar-refractivity contribution in [3.8, 4) is 0 Å². The zero-order valence-electron chi connectivity index (χ0n) is 11.5. The van der Waals surface area contributed by atoms with Crippen LogP contribution in [0.2, 0.25) is 0 Å². The minimum Gasteiger partial charge on any atom is -0.343 e. The first kappa shape index (κ1) is 12.2. The molecule has 100 valence electrons. The minimum atomic E-state index is -0.177. The Morgan fingerprint density at radius 1 is 1.21 bits per heavy atom. The maximum atomic E-state index is 12.3. The van der Waals surface area contributed by atoms with Crippen molar-refractivity contribution in [1.82, 2.24) is 19.6 Å². The summed E-state index contributed by atoms with van der Waals surface area (Å²) in [7, 11) is 5.79. The minimum absolute atomic E-state index is 0.164. The highest BCUT2D eigenvalue weighted by atomic mass is 16.2. The van der Waals surface area contributed by atoms with E-state index in [-0.39, 0.29) is 11.9 Å². The Morgan fingerprint density at radius 3 is 2.79 bits per heavy atom. The summed E-state index contributed by atoms with van der Waals surface area (Å²) in [6, 6.07) is 5.96. The van der Waals surface area contributed by atoms with Crippen molar-refractivity contribution in [3.63, 3.8) is 0 Å². The lowest BCUT2D eigenvalue weighted by Crippen LogP contribution is -2.48. The topological polar surface area (TPSA) is 41.4 Å². The highest BCUT2D eigenvalue weighted by Gasteiger charge is 2.32. The standard InChI is InChI=1S/C14H18N4O/c1-16-6-7-17(2)14(19)13(16)10-4-5-12-11(8-10)9-15-18(12)3/h4-5,8-9,13H,6-7H2,1-3H3. The van der Waals surface area contributed by atoms with Crippen LogP contribution in [-0.2, 0) is 11.8 Å². The monoisotopic (exact) mass is 258 g/mol. The molecule has 0 bridgehead atoms. The van der Waals surface area contributed by atoms with Gasteiger partial charge in [0.05, 0.1) is 11.7 Å². The molecule has 1 saturated heterocycles. The summed E-state index contributed by atoms with van der Waals surface area (Å²) >= 11 is 0. The van der Waals surface area contributed by atoms with E-state index in [0.29, 0.717) is 0 Å². The van der Waals surface area contributed by atoms with Crippen molar-refractivity contribution < 1.29 is 4.79 Å². The van der Waals surface area contributed by atoms with E-state index in [1.54, 1.807) is 4.90 Å². The average molecular weight is 258 g/mol. The second-order valence-electron chi connectivity index (χ2n) is 5.23. The van der Waals surface area contributed by atoms with Crippen LogP contribution in [0.4, 0.5) is 0 Å². The van der Waals surface area contributed by atoms with Crippen molar-refractivity contribution >= 4 is 16.8 Å². The van der Waals surface area contributed by atoms with E-state index in [0.717, 1.165) is 29.6 Å². The number of nitrogens with zero attached hydrogens (tertiary/aromatic N) is 4. The van der Waals surface area contributed by atoms with Crippen molar-refractivity contribution in [2.45, 2.75) is 6.04 Å². The molecule has 1 aromatic carbocycles. The molecule has 3 rings (SSSR count). The van der Waals surface area contributed by atoms with Gasteiger partial charge in [0, 0.05) is 32.6 Å². The zero-order chi connectivity index (χ0) is 13.6. The van der Waals surface area contributed by atoms with Gasteiger partial charge in [-0.15, -0.1) is 0 Å². The third-order valence-corrected chi connectivity index (χ3v) is 3.93. The molecule has 1 unspecified atom stereocenters. The summed E-state index contributed by atoms with van der Waals surface area (Å²) in [5, 5.41) is 5.32. The Bertz CT molecular complexity index is 633. The third kappa shape index (κ3) is 1.90. The SMILES string of the molecule is CN1CCN(C)C(c2ccc3c(cnn3C)c2)C1=O. The van der Waals surface area contributed by atoms with Crippen LogP contribution in [0.1, 0.15) is 11.6 Å². The van der Waals surface area contributed by atoms with E-state index in [1.165, 1.54) is 0 Å². The molecule has 1 aromatic heterocycles. The van der Waals surface area contributed by atoms with E-state index in [4.69, 9.17) is 0 Å². The van der Waals surface area contributed by atoms with Gasteiger partial charge in [-0.25, -0.2) is 0 Å². The molecule has 1 aliphatic rings.